The molecule has 47 heavy (non-hydrogen) atoms. The molecule has 1 unspecified atom stereocenters. The van der Waals surface area contributed by atoms with Crippen LogP contribution in [0.1, 0.15) is 81.6 Å². The molecule has 1 aromatic carbocycles. The number of benzene rings is 1. The van der Waals surface area contributed by atoms with Crippen molar-refractivity contribution in [3.63, 3.8) is 0 Å². The van der Waals surface area contributed by atoms with Gasteiger partial charge in [0.15, 0.2) is 6.10 Å². The molecule has 1 N–H and O–H groups in total. The van der Waals surface area contributed by atoms with Crippen LogP contribution in [-0.2, 0) is 27.2 Å². The first-order chi connectivity index (χ1) is 22.3. The summed E-state index contributed by atoms with van der Waals surface area (Å²) < 4.78 is 11.8. The van der Waals surface area contributed by atoms with Crippen molar-refractivity contribution in [1.82, 2.24) is 19.9 Å². The fourth-order valence-corrected chi connectivity index (χ4v) is 6.98. The van der Waals surface area contributed by atoms with Crippen LogP contribution >= 0.6 is 0 Å². The maximum Gasteiger partial charge on any atom is 0.337 e. The molecule has 0 radical (unpaired) electrons. The predicted octanol–water partition coefficient (Wildman–Crippen LogP) is 5.52. The van der Waals surface area contributed by atoms with Crippen molar-refractivity contribution in [2.24, 2.45) is 5.41 Å². The number of hydrogen-bond acceptors (Lipinski definition) is 10. The van der Waals surface area contributed by atoms with Gasteiger partial charge in [0.25, 0.3) is 0 Å². The Morgan fingerprint density at radius 1 is 0.915 bits per heavy atom. The number of aromatic nitrogens is 4. The second kappa shape index (κ2) is 13.0. The fourth-order valence-electron chi connectivity index (χ4n) is 6.98. The highest BCUT2D eigenvalue weighted by Gasteiger charge is 2.37. The van der Waals surface area contributed by atoms with Gasteiger partial charge in [-0.15, -0.1) is 0 Å². The smallest absolute Gasteiger partial charge is 0.337 e. The Labute approximate surface area is 278 Å². The summed E-state index contributed by atoms with van der Waals surface area (Å²) >= 11 is 0. The van der Waals surface area contributed by atoms with Gasteiger partial charge in [0.05, 0.1) is 24.5 Å². The number of carboxylic acids is 1. The van der Waals surface area contributed by atoms with Crippen molar-refractivity contribution in [2.75, 3.05) is 60.6 Å². The number of nitrogens with zero attached hydrogens (tertiary/aromatic N) is 7. The summed E-state index contributed by atoms with van der Waals surface area (Å²) in [6, 6.07) is 6.64. The van der Waals surface area contributed by atoms with Gasteiger partial charge in [0.2, 0.25) is 11.9 Å². The number of morpholine rings is 1. The lowest BCUT2D eigenvalue weighted by Crippen LogP contribution is -2.39. The Bertz CT molecular complexity index is 1620. The third kappa shape index (κ3) is 7.21. The largest absolute Gasteiger partial charge is 0.479 e. The number of rotatable bonds is 7. The number of carbonyl (C=O) groups is 1. The van der Waals surface area contributed by atoms with Gasteiger partial charge in [0, 0.05) is 61.8 Å². The van der Waals surface area contributed by atoms with Crippen LogP contribution < -0.4 is 14.7 Å². The molecule has 6 rings (SSSR count). The number of carboxylic acid groups (broad SMARTS) is 1. The molecule has 3 aliphatic rings. The van der Waals surface area contributed by atoms with Gasteiger partial charge in [-0.05, 0) is 76.0 Å². The number of aryl methyl sites for hydroxylation is 2. The summed E-state index contributed by atoms with van der Waals surface area (Å²) in [6.45, 7) is 20.4. The Morgan fingerprint density at radius 2 is 1.60 bits per heavy atom. The highest BCUT2D eigenvalue weighted by Crippen LogP contribution is 2.45. The van der Waals surface area contributed by atoms with Gasteiger partial charge in [-0.1, -0.05) is 32.0 Å². The second-order valence-electron chi connectivity index (χ2n) is 14.9. The third-order valence-electron chi connectivity index (χ3n) is 9.60. The normalized spacial score (nSPS) is 19.0. The maximum absolute atomic E-state index is 12.9. The molecule has 0 bridgehead atoms. The first kappa shape index (κ1) is 33.1. The fraction of sp³-hybridized carbons (Fsp3) is 0.583. The van der Waals surface area contributed by atoms with Crippen LogP contribution in [0, 0.1) is 19.3 Å². The molecule has 2 aromatic heterocycles. The SMILES string of the molecule is Cc1nc(C)c(C(OC(C)(C)C)C(=O)O)c(N2CCC(C)(C)CC2)c1-c1ccc2c(c1)CCN(c1ncnc(N3CCOCC3)n1)C2. The van der Waals surface area contributed by atoms with Crippen molar-refractivity contribution in [2.45, 2.75) is 86.0 Å². The van der Waals surface area contributed by atoms with Crippen LogP contribution in [-0.4, -0.2) is 82.6 Å². The molecule has 0 spiro atoms. The number of anilines is 3. The first-order valence-electron chi connectivity index (χ1n) is 16.9. The minimum atomic E-state index is -1.14. The zero-order chi connectivity index (χ0) is 33.5. The molecular weight excluding hydrogens is 594 g/mol. The van der Waals surface area contributed by atoms with Crippen LogP contribution in [0.5, 0.6) is 0 Å². The number of piperidine rings is 1. The van der Waals surface area contributed by atoms with Gasteiger partial charge >= 0.3 is 5.97 Å². The van der Waals surface area contributed by atoms with Crippen LogP contribution in [0.2, 0.25) is 0 Å². The standard InChI is InChI=1S/C36H49N7O4/c1-23-28(30(41-14-11-36(6,7)12-15-41)29(24(2)39-23)31(32(44)45)47-35(3,4)5)26-8-9-27-21-43(13-10-25(27)20-26)34-38-22-37-33(40-34)42-16-18-46-19-17-42/h8-9,20,22,31H,10-19,21H2,1-7H3,(H,44,45). The Morgan fingerprint density at radius 3 is 2.26 bits per heavy atom. The van der Waals surface area contributed by atoms with Crippen molar-refractivity contribution in [3.05, 3.63) is 52.6 Å². The van der Waals surface area contributed by atoms with Crippen LogP contribution in [0.4, 0.5) is 17.6 Å². The Hall–Kier alpha value is -3.83. The average molecular weight is 644 g/mol. The summed E-state index contributed by atoms with van der Waals surface area (Å²) in [6.07, 6.45) is 3.35. The van der Waals surface area contributed by atoms with E-state index in [0.717, 1.165) is 74.5 Å². The lowest BCUT2D eigenvalue weighted by Gasteiger charge is -2.41. The highest BCUT2D eigenvalue weighted by atomic mass is 16.5. The molecule has 11 heteroatoms. The average Bonchev–Trinajstić information content (AvgIpc) is 3.03. The second-order valence-corrected chi connectivity index (χ2v) is 14.9. The monoisotopic (exact) mass is 643 g/mol. The van der Waals surface area contributed by atoms with Crippen LogP contribution in [0.15, 0.2) is 24.5 Å². The van der Waals surface area contributed by atoms with E-state index in [1.807, 2.05) is 34.6 Å². The lowest BCUT2D eigenvalue weighted by atomic mass is 9.81. The summed E-state index contributed by atoms with van der Waals surface area (Å²) in [7, 11) is 0. The highest BCUT2D eigenvalue weighted by molar-refractivity contribution is 5.88. The number of aliphatic carboxylic acids is 1. The number of fused-ring (bicyclic) bond motifs is 1. The number of pyridine rings is 1. The molecule has 3 aliphatic heterocycles. The van der Waals surface area contributed by atoms with Gasteiger partial charge in [0.1, 0.15) is 6.33 Å². The predicted molar refractivity (Wildman–Crippen MR) is 183 cm³/mol. The van der Waals surface area contributed by atoms with Gasteiger partial charge in [-0.3, -0.25) is 4.98 Å². The van der Waals surface area contributed by atoms with E-state index in [-0.39, 0.29) is 5.41 Å². The van der Waals surface area contributed by atoms with Crippen molar-refractivity contribution >= 4 is 23.6 Å². The minimum absolute atomic E-state index is 0.237. The molecular formula is C36H49N7O4. The summed E-state index contributed by atoms with van der Waals surface area (Å²) in [5, 5.41) is 10.5. The molecule has 252 valence electrons. The summed E-state index contributed by atoms with van der Waals surface area (Å²) in [5.74, 6) is 0.383. The molecule has 11 nitrogen and oxygen atoms in total. The molecule has 1 atom stereocenters. The number of ether oxygens (including phenoxy) is 2. The molecule has 0 amide bonds. The molecule has 0 aliphatic carbocycles. The van der Waals surface area contributed by atoms with E-state index in [0.29, 0.717) is 42.9 Å². The third-order valence-corrected chi connectivity index (χ3v) is 9.60. The lowest BCUT2D eigenvalue weighted by molar-refractivity contribution is -0.160. The maximum atomic E-state index is 12.9. The van der Waals surface area contributed by atoms with E-state index in [4.69, 9.17) is 19.4 Å². The molecule has 2 saturated heterocycles. The van der Waals surface area contributed by atoms with E-state index in [9.17, 15) is 9.90 Å². The van der Waals surface area contributed by atoms with E-state index in [2.05, 4.69) is 56.7 Å². The molecule has 3 aromatic rings. The molecule has 2 fully saturated rings. The number of hydrogen-bond donors (Lipinski definition) is 1. The first-order valence-corrected chi connectivity index (χ1v) is 16.9. The van der Waals surface area contributed by atoms with Crippen molar-refractivity contribution in [3.8, 4) is 11.1 Å². The van der Waals surface area contributed by atoms with E-state index >= 15 is 0 Å². The van der Waals surface area contributed by atoms with E-state index in [1.165, 1.54) is 11.1 Å². The summed E-state index contributed by atoms with van der Waals surface area (Å²) in [5.41, 5.74) is 7.32. The van der Waals surface area contributed by atoms with Crippen LogP contribution in [0.3, 0.4) is 0 Å². The van der Waals surface area contributed by atoms with Gasteiger partial charge in [-0.25, -0.2) is 14.8 Å². The Kier molecular flexibility index (Phi) is 9.15. The van der Waals surface area contributed by atoms with E-state index in [1.54, 1.807) is 6.33 Å². The zero-order valence-electron chi connectivity index (χ0n) is 29.0. The quantitative estimate of drug-likeness (QED) is 0.351. The van der Waals surface area contributed by atoms with E-state index < -0.39 is 17.7 Å². The molecule has 5 heterocycles. The minimum Gasteiger partial charge on any atom is -0.479 e. The van der Waals surface area contributed by atoms with Crippen molar-refractivity contribution in [1.29, 1.82) is 0 Å². The van der Waals surface area contributed by atoms with Gasteiger partial charge < -0.3 is 29.3 Å². The topological polar surface area (TPSA) is 117 Å². The van der Waals surface area contributed by atoms with Crippen LogP contribution in [0.25, 0.3) is 11.1 Å². The Balaban J connectivity index is 1.37. The zero-order valence-corrected chi connectivity index (χ0v) is 29.0. The summed E-state index contributed by atoms with van der Waals surface area (Å²) in [4.78, 5) is 38.3. The van der Waals surface area contributed by atoms with Crippen molar-refractivity contribution < 1.29 is 19.4 Å². The van der Waals surface area contributed by atoms with Gasteiger partial charge in [-0.2, -0.15) is 4.98 Å². The molecule has 0 saturated carbocycles.